The van der Waals surface area contributed by atoms with E-state index in [1.54, 1.807) is 32.0 Å². The van der Waals surface area contributed by atoms with Crippen LogP contribution in [0, 0.1) is 0 Å². The normalized spacial score (nSPS) is 11.3. The van der Waals surface area contributed by atoms with E-state index in [2.05, 4.69) is 21.2 Å². The molecule has 0 atom stereocenters. The molecule has 0 aliphatic carbocycles. The number of nitrogens with zero attached hydrogens (tertiary/aromatic N) is 2. The predicted octanol–water partition coefficient (Wildman–Crippen LogP) is 3.19. The molecule has 0 unspecified atom stereocenters. The maximum atomic E-state index is 12.7. The zero-order valence-electron chi connectivity index (χ0n) is 16.6. The predicted molar refractivity (Wildman–Crippen MR) is 116 cm³/mol. The first kappa shape index (κ1) is 23.1. The summed E-state index contributed by atoms with van der Waals surface area (Å²) in [5.41, 5.74) is 0.806. The molecule has 0 bridgehead atoms. The second-order valence-corrected chi connectivity index (χ2v) is 9.10. The van der Waals surface area contributed by atoms with Gasteiger partial charge in [0.05, 0.1) is 17.1 Å². The summed E-state index contributed by atoms with van der Waals surface area (Å²) in [7, 11) is -2.18. The lowest BCUT2D eigenvalue weighted by molar-refractivity contribution is -0.116. The Balaban J connectivity index is 2.13. The number of rotatable bonds is 8. The van der Waals surface area contributed by atoms with Crippen molar-refractivity contribution in [1.29, 1.82) is 0 Å². The van der Waals surface area contributed by atoms with Gasteiger partial charge < -0.3 is 10.2 Å². The number of sulfonamides is 1. The summed E-state index contributed by atoms with van der Waals surface area (Å²) in [5, 5.41) is 2.73. The fourth-order valence-electron chi connectivity index (χ4n) is 2.76. The molecular formula is C20H24BrN3O4S. The van der Waals surface area contributed by atoms with Crippen LogP contribution in [0.2, 0.25) is 0 Å². The minimum atomic E-state index is -3.67. The molecule has 0 saturated heterocycles. The van der Waals surface area contributed by atoms with E-state index in [0.717, 1.165) is 4.47 Å². The van der Waals surface area contributed by atoms with Gasteiger partial charge in [0, 0.05) is 30.2 Å². The molecule has 0 aliphatic rings. The van der Waals surface area contributed by atoms with E-state index in [1.165, 1.54) is 40.5 Å². The first-order valence-corrected chi connectivity index (χ1v) is 11.3. The second kappa shape index (κ2) is 10.00. The highest BCUT2D eigenvalue weighted by atomic mass is 79.9. The standard InChI is InChI=1S/C20H24BrN3O4S/c1-4-24(5-2)29(27,28)16-10-8-9-15(13-16)20(26)23(3)14-19(25)22-18-12-7-6-11-17(18)21/h6-13H,4-5,14H2,1-3H3,(H,22,25). The number of carbonyl (C=O) groups is 2. The number of amides is 2. The molecule has 7 nitrogen and oxygen atoms in total. The third-order valence-corrected chi connectivity index (χ3v) is 7.04. The van der Waals surface area contributed by atoms with Gasteiger partial charge in [0.25, 0.3) is 5.91 Å². The fraction of sp³-hybridized carbons (Fsp3) is 0.300. The first-order chi connectivity index (χ1) is 13.7. The number of benzene rings is 2. The first-order valence-electron chi connectivity index (χ1n) is 9.10. The van der Waals surface area contributed by atoms with Crippen molar-refractivity contribution < 1.29 is 18.0 Å². The molecule has 2 amide bonds. The van der Waals surface area contributed by atoms with Crippen molar-refractivity contribution in [3.63, 3.8) is 0 Å². The van der Waals surface area contributed by atoms with Crippen LogP contribution in [0.4, 0.5) is 5.69 Å². The highest BCUT2D eigenvalue weighted by Gasteiger charge is 2.23. The molecule has 1 N–H and O–H groups in total. The maximum absolute atomic E-state index is 12.7. The van der Waals surface area contributed by atoms with Gasteiger partial charge in [-0.3, -0.25) is 9.59 Å². The lowest BCUT2D eigenvalue weighted by Crippen LogP contribution is -2.35. The summed E-state index contributed by atoms with van der Waals surface area (Å²) in [6.07, 6.45) is 0. The molecule has 9 heteroatoms. The Bertz CT molecular complexity index is 991. The summed E-state index contributed by atoms with van der Waals surface area (Å²) in [6, 6.07) is 13.0. The molecule has 0 saturated carbocycles. The third kappa shape index (κ3) is 5.65. The molecule has 0 radical (unpaired) electrons. The Morgan fingerprint density at radius 3 is 2.31 bits per heavy atom. The summed E-state index contributed by atoms with van der Waals surface area (Å²) in [6.45, 7) is 4.02. The molecule has 156 valence electrons. The van der Waals surface area contributed by atoms with Crippen molar-refractivity contribution in [3.8, 4) is 0 Å². The van der Waals surface area contributed by atoms with Gasteiger partial charge in [-0.1, -0.05) is 32.0 Å². The van der Waals surface area contributed by atoms with E-state index < -0.39 is 15.9 Å². The number of likely N-dealkylation sites (N-methyl/N-ethyl adjacent to an activating group) is 1. The number of hydrogen-bond donors (Lipinski definition) is 1. The van der Waals surface area contributed by atoms with Gasteiger partial charge >= 0.3 is 0 Å². The lowest BCUT2D eigenvalue weighted by atomic mass is 10.2. The van der Waals surface area contributed by atoms with Crippen LogP contribution in [-0.4, -0.2) is 56.1 Å². The lowest BCUT2D eigenvalue weighted by Gasteiger charge is -2.20. The van der Waals surface area contributed by atoms with Crippen molar-refractivity contribution in [2.75, 3.05) is 32.0 Å². The van der Waals surface area contributed by atoms with Crippen LogP contribution in [0.15, 0.2) is 57.9 Å². The number of halogens is 1. The Hall–Kier alpha value is -2.23. The zero-order chi connectivity index (χ0) is 21.6. The summed E-state index contributed by atoms with van der Waals surface area (Å²) in [5.74, 6) is -0.802. The van der Waals surface area contributed by atoms with E-state index in [1.807, 2.05) is 6.07 Å². The summed E-state index contributed by atoms with van der Waals surface area (Å²) < 4.78 is 27.4. The van der Waals surface area contributed by atoms with Gasteiger partial charge in [0.15, 0.2) is 0 Å². The number of anilines is 1. The van der Waals surface area contributed by atoms with Gasteiger partial charge in [-0.15, -0.1) is 0 Å². The Kier molecular flexibility index (Phi) is 7.95. The van der Waals surface area contributed by atoms with Crippen LogP contribution in [0.3, 0.4) is 0 Å². The quantitative estimate of drug-likeness (QED) is 0.626. The largest absolute Gasteiger partial charge is 0.332 e. The smallest absolute Gasteiger partial charge is 0.254 e. The van der Waals surface area contributed by atoms with Crippen LogP contribution in [0.5, 0.6) is 0 Å². The molecular weight excluding hydrogens is 458 g/mol. The van der Waals surface area contributed by atoms with Crippen LogP contribution >= 0.6 is 15.9 Å². The Morgan fingerprint density at radius 2 is 1.69 bits per heavy atom. The van der Waals surface area contributed by atoms with Crippen LogP contribution in [0.25, 0.3) is 0 Å². The molecule has 0 heterocycles. The summed E-state index contributed by atoms with van der Waals surface area (Å²) >= 11 is 3.35. The fourth-order valence-corrected chi connectivity index (χ4v) is 4.65. The van der Waals surface area contributed by atoms with Gasteiger partial charge in [0.2, 0.25) is 15.9 Å². The number of hydrogen-bond acceptors (Lipinski definition) is 4. The molecule has 2 aromatic carbocycles. The van der Waals surface area contributed by atoms with Crippen molar-refractivity contribution >= 4 is 43.5 Å². The third-order valence-electron chi connectivity index (χ3n) is 4.30. The SMILES string of the molecule is CCN(CC)S(=O)(=O)c1cccc(C(=O)N(C)CC(=O)Nc2ccccc2Br)c1. The highest BCUT2D eigenvalue weighted by molar-refractivity contribution is 9.10. The summed E-state index contributed by atoms with van der Waals surface area (Å²) in [4.78, 5) is 26.3. The number of carbonyl (C=O) groups excluding carboxylic acids is 2. The van der Waals surface area contributed by atoms with Crippen LogP contribution < -0.4 is 5.32 Å². The van der Waals surface area contributed by atoms with Crippen LogP contribution in [-0.2, 0) is 14.8 Å². The molecule has 29 heavy (non-hydrogen) atoms. The van der Waals surface area contributed by atoms with E-state index >= 15 is 0 Å². The Morgan fingerprint density at radius 1 is 1.03 bits per heavy atom. The van der Waals surface area contributed by atoms with Gasteiger partial charge in [0.1, 0.15) is 0 Å². The molecule has 0 aromatic heterocycles. The van der Waals surface area contributed by atoms with Crippen LogP contribution in [0.1, 0.15) is 24.2 Å². The molecule has 0 spiro atoms. The van der Waals surface area contributed by atoms with Crippen molar-refractivity contribution in [2.24, 2.45) is 0 Å². The molecule has 2 rings (SSSR count). The average molecular weight is 482 g/mol. The Labute approximate surface area is 179 Å². The van der Waals surface area contributed by atoms with Crippen molar-refractivity contribution in [3.05, 3.63) is 58.6 Å². The zero-order valence-corrected chi connectivity index (χ0v) is 19.0. The minimum Gasteiger partial charge on any atom is -0.332 e. The second-order valence-electron chi connectivity index (χ2n) is 6.31. The molecule has 2 aromatic rings. The van der Waals surface area contributed by atoms with Crippen molar-refractivity contribution in [2.45, 2.75) is 18.7 Å². The molecule has 0 fully saturated rings. The maximum Gasteiger partial charge on any atom is 0.254 e. The van der Waals surface area contributed by atoms with E-state index in [0.29, 0.717) is 18.8 Å². The van der Waals surface area contributed by atoms with Gasteiger partial charge in [-0.05, 0) is 46.3 Å². The number of para-hydroxylation sites is 1. The highest BCUT2D eigenvalue weighted by Crippen LogP contribution is 2.21. The van der Waals surface area contributed by atoms with Gasteiger partial charge in [-0.25, -0.2) is 8.42 Å². The topological polar surface area (TPSA) is 86.8 Å². The monoisotopic (exact) mass is 481 g/mol. The van der Waals surface area contributed by atoms with E-state index in [4.69, 9.17) is 0 Å². The van der Waals surface area contributed by atoms with E-state index in [-0.39, 0.29) is 22.9 Å². The average Bonchev–Trinajstić information content (AvgIpc) is 2.70. The van der Waals surface area contributed by atoms with Gasteiger partial charge in [-0.2, -0.15) is 4.31 Å². The molecule has 0 aliphatic heterocycles. The minimum absolute atomic E-state index is 0.0538. The van der Waals surface area contributed by atoms with Crippen molar-refractivity contribution in [1.82, 2.24) is 9.21 Å². The number of nitrogens with one attached hydrogen (secondary N) is 1. The van der Waals surface area contributed by atoms with E-state index in [9.17, 15) is 18.0 Å².